The molecule has 3 heterocycles. The van der Waals surface area contributed by atoms with E-state index in [9.17, 15) is 9.59 Å². The summed E-state index contributed by atoms with van der Waals surface area (Å²) >= 11 is 0. The van der Waals surface area contributed by atoms with Gasteiger partial charge in [-0.3, -0.25) is 0 Å². The van der Waals surface area contributed by atoms with Crippen molar-refractivity contribution in [2.75, 3.05) is 0 Å². The van der Waals surface area contributed by atoms with Crippen molar-refractivity contribution in [1.82, 2.24) is 13.9 Å². The Hall–Kier alpha value is -2.56. The molecule has 2 aliphatic heterocycles. The zero-order valence-corrected chi connectivity index (χ0v) is 13.3. The smallest absolute Gasteiger partial charge is 0.245 e. The van der Waals surface area contributed by atoms with Gasteiger partial charge in [0.2, 0.25) is 0 Å². The van der Waals surface area contributed by atoms with E-state index >= 15 is 0 Å². The highest BCUT2D eigenvalue weighted by atomic mass is 16.2. The number of hydrogen-bond acceptors (Lipinski definition) is 2. The lowest BCUT2D eigenvalue weighted by Gasteiger charge is -2.47. The molecule has 2 bridgehead atoms. The van der Waals surface area contributed by atoms with Crippen LogP contribution in [-0.2, 0) is 0 Å². The zero-order valence-electron chi connectivity index (χ0n) is 13.3. The highest BCUT2D eigenvalue weighted by Gasteiger charge is 3.02. The van der Waals surface area contributed by atoms with E-state index in [4.69, 9.17) is 0 Å². The summed E-state index contributed by atoms with van der Waals surface area (Å²) in [5.41, 5.74) is 0.568. The van der Waals surface area contributed by atoms with Crippen molar-refractivity contribution >= 4 is 0 Å². The van der Waals surface area contributed by atoms with Crippen LogP contribution in [0.2, 0.25) is 0 Å². The van der Waals surface area contributed by atoms with Crippen LogP contribution in [0.15, 0.2) is 64.2 Å². The molecule has 4 fully saturated rings. The molecule has 2 spiro atoms. The highest BCUT2D eigenvalue weighted by Crippen LogP contribution is 3.03. The largest absolute Gasteiger partial charge is 0.352 e. The van der Waals surface area contributed by atoms with E-state index < -0.39 is 0 Å². The molecule has 1 aromatic carbocycles. The number of para-hydroxylation sites is 1. The summed E-state index contributed by atoms with van der Waals surface area (Å²) < 4.78 is 5.06. The van der Waals surface area contributed by atoms with Crippen molar-refractivity contribution in [3.8, 4) is 5.69 Å². The number of hydrogen-bond donors (Lipinski definition) is 0. The SMILES string of the molecule is O=c1n(-c2ccccc2)c(=O)n2n1C1C3C4C3C3C15C=CC=CC35C42. The molecule has 7 aliphatic rings. The van der Waals surface area contributed by atoms with Gasteiger partial charge in [-0.15, -0.1) is 0 Å². The van der Waals surface area contributed by atoms with Crippen LogP contribution in [0.25, 0.3) is 5.69 Å². The molecule has 5 heteroatoms. The number of rotatable bonds is 1. The van der Waals surface area contributed by atoms with Gasteiger partial charge in [0, 0.05) is 10.8 Å². The van der Waals surface area contributed by atoms with Crippen molar-refractivity contribution < 1.29 is 0 Å². The quantitative estimate of drug-likeness (QED) is 0.796. The zero-order chi connectivity index (χ0) is 16.3. The van der Waals surface area contributed by atoms with Crippen molar-refractivity contribution in [2.45, 2.75) is 12.1 Å². The third kappa shape index (κ3) is 0.819. The van der Waals surface area contributed by atoms with Crippen LogP contribution in [-0.4, -0.2) is 13.9 Å². The van der Waals surface area contributed by atoms with Gasteiger partial charge in [-0.2, -0.15) is 0 Å². The summed E-state index contributed by atoms with van der Waals surface area (Å²) in [5, 5.41) is 0. The van der Waals surface area contributed by atoms with Crippen LogP contribution in [0, 0.1) is 34.5 Å². The molecule has 0 saturated heterocycles. The first-order chi connectivity index (χ1) is 12.2. The molecule has 0 radical (unpaired) electrons. The Balaban J connectivity index is 1.50. The first-order valence-corrected chi connectivity index (χ1v) is 9.14. The number of nitrogens with zero attached hydrogens (tertiary/aromatic N) is 3. The fourth-order valence-electron chi connectivity index (χ4n) is 8.05. The van der Waals surface area contributed by atoms with Gasteiger partial charge in [0.25, 0.3) is 0 Å². The molecule has 9 rings (SSSR count). The summed E-state index contributed by atoms with van der Waals surface area (Å²) in [7, 11) is 0. The summed E-state index contributed by atoms with van der Waals surface area (Å²) in [6.45, 7) is 0. The molecule has 5 aliphatic carbocycles. The van der Waals surface area contributed by atoms with Gasteiger partial charge in [0.15, 0.2) is 0 Å². The Morgan fingerprint density at radius 2 is 1.32 bits per heavy atom. The molecule has 6 atom stereocenters. The van der Waals surface area contributed by atoms with Gasteiger partial charge < -0.3 is 0 Å². The van der Waals surface area contributed by atoms with Gasteiger partial charge >= 0.3 is 11.4 Å². The number of benzene rings is 1. The predicted molar refractivity (Wildman–Crippen MR) is 89.5 cm³/mol. The topological polar surface area (TPSA) is 48.9 Å². The molecule has 0 N–H and O–H groups in total. The molecule has 5 nitrogen and oxygen atoms in total. The van der Waals surface area contributed by atoms with Gasteiger partial charge in [-0.25, -0.2) is 23.5 Å². The average molecular weight is 329 g/mol. The van der Waals surface area contributed by atoms with Crippen LogP contribution in [0.4, 0.5) is 0 Å². The third-order valence-electron chi connectivity index (χ3n) is 8.38. The lowest BCUT2D eigenvalue weighted by Crippen LogP contribution is -2.52. The third-order valence-corrected chi connectivity index (χ3v) is 8.38. The molecule has 0 amide bonds. The Kier molecular flexibility index (Phi) is 1.44. The maximum atomic E-state index is 13.3. The van der Waals surface area contributed by atoms with Crippen molar-refractivity contribution in [1.29, 1.82) is 0 Å². The monoisotopic (exact) mass is 329 g/mol. The molecular formula is C20H15N3O2. The minimum absolute atomic E-state index is 0.107. The second kappa shape index (κ2) is 3.02. The molecule has 2 aromatic rings. The summed E-state index contributed by atoms with van der Waals surface area (Å²) in [4.78, 5) is 26.6. The number of aromatic nitrogens is 3. The van der Waals surface area contributed by atoms with Crippen molar-refractivity contribution in [2.24, 2.45) is 34.5 Å². The van der Waals surface area contributed by atoms with Crippen LogP contribution in [0.3, 0.4) is 0 Å². The second-order valence-electron chi connectivity index (χ2n) is 8.61. The van der Waals surface area contributed by atoms with Crippen LogP contribution >= 0.6 is 0 Å². The second-order valence-corrected chi connectivity index (χ2v) is 8.61. The summed E-state index contributed by atoms with van der Waals surface area (Å²) in [5.74, 6) is 2.59. The maximum absolute atomic E-state index is 13.3. The van der Waals surface area contributed by atoms with Gasteiger partial charge in [0.1, 0.15) is 0 Å². The Morgan fingerprint density at radius 3 is 1.88 bits per heavy atom. The standard InChI is InChI=1S/C20H15N3O2/c24-17-21(10-6-2-1-3-7-10)18(25)23-16-13-11-12(13)15(22(17)23)19-8-4-5-9-20(16,19)14(11)19/h1-9,11-16H. The molecule has 25 heavy (non-hydrogen) atoms. The summed E-state index contributed by atoms with van der Waals surface area (Å²) in [6, 6.07) is 9.67. The fourth-order valence-corrected chi connectivity index (χ4v) is 8.05. The maximum Gasteiger partial charge on any atom is 0.352 e. The van der Waals surface area contributed by atoms with Crippen LogP contribution in [0.5, 0.6) is 0 Å². The highest BCUT2D eigenvalue weighted by molar-refractivity contribution is 5.57. The van der Waals surface area contributed by atoms with E-state index in [0.717, 1.165) is 5.92 Å². The van der Waals surface area contributed by atoms with Crippen molar-refractivity contribution in [3.05, 3.63) is 75.6 Å². The van der Waals surface area contributed by atoms with Crippen LogP contribution < -0.4 is 11.4 Å². The first kappa shape index (κ1) is 11.9. The lowest BCUT2D eigenvalue weighted by atomic mass is 9.69. The minimum atomic E-state index is -0.159. The van der Waals surface area contributed by atoms with E-state index in [2.05, 4.69) is 24.3 Å². The predicted octanol–water partition coefficient (Wildman–Crippen LogP) is 1.51. The van der Waals surface area contributed by atoms with E-state index in [1.807, 2.05) is 39.7 Å². The normalized spacial score (nSPS) is 49.9. The van der Waals surface area contributed by atoms with E-state index in [0.29, 0.717) is 23.4 Å². The number of allylic oxidation sites excluding steroid dienone is 4. The molecular weight excluding hydrogens is 314 g/mol. The van der Waals surface area contributed by atoms with Gasteiger partial charge in [-0.1, -0.05) is 42.5 Å². The molecule has 4 saturated carbocycles. The first-order valence-electron chi connectivity index (χ1n) is 9.14. The van der Waals surface area contributed by atoms with Gasteiger partial charge in [-0.05, 0) is 35.8 Å². The Morgan fingerprint density at radius 1 is 0.760 bits per heavy atom. The summed E-state index contributed by atoms with van der Waals surface area (Å²) in [6.07, 6.45) is 9.02. The molecule has 6 unspecified atom stereocenters. The van der Waals surface area contributed by atoms with Gasteiger partial charge in [0.05, 0.1) is 17.8 Å². The Labute approximate surface area is 142 Å². The lowest BCUT2D eigenvalue weighted by molar-refractivity contribution is 0.0445. The van der Waals surface area contributed by atoms with E-state index in [1.165, 1.54) is 4.57 Å². The van der Waals surface area contributed by atoms with E-state index in [1.54, 1.807) is 0 Å². The Bertz CT molecular complexity index is 1130. The van der Waals surface area contributed by atoms with Crippen LogP contribution in [0.1, 0.15) is 12.1 Å². The van der Waals surface area contributed by atoms with E-state index in [-0.39, 0.29) is 34.3 Å². The molecule has 1 aromatic heterocycles. The average Bonchev–Trinajstić information content (AvgIpc) is 3.41. The van der Waals surface area contributed by atoms with Crippen molar-refractivity contribution in [3.63, 3.8) is 0 Å². The molecule has 122 valence electrons. The fraction of sp³-hybridized carbons (Fsp3) is 0.400. The minimum Gasteiger partial charge on any atom is -0.245 e.